The molecule has 0 fully saturated rings. The first-order valence-corrected chi connectivity index (χ1v) is 9.72. The lowest BCUT2D eigenvalue weighted by atomic mass is 10.1. The van der Waals surface area contributed by atoms with Crippen molar-refractivity contribution in [2.75, 3.05) is 12.9 Å². The number of hydrogen-bond donors (Lipinski definition) is 0. The first-order valence-electron chi connectivity index (χ1n) is 8.73. The molecule has 0 bridgehead atoms. The van der Waals surface area contributed by atoms with Crippen LogP contribution >= 0.6 is 11.8 Å². The smallest absolute Gasteiger partial charge is 0.212 e. The Morgan fingerprint density at radius 2 is 1.75 bits per heavy atom. The van der Waals surface area contributed by atoms with Gasteiger partial charge < -0.3 is 4.74 Å². The van der Waals surface area contributed by atoms with Crippen molar-refractivity contribution in [3.8, 4) is 17.0 Å². The third-order valence-corrected chi connectivity index (χ3v) is 5.25. The fourth-order valence-corrected chi connectivity index (χ4v) is 3.51. The van der Waals surface area contributed by atoms with Gasteiger partial charge in [-0.15, -0.1) is 10.2 Å². The molecule has 4 rings (SSSR count). The first-order chi connectivity index (χ1) is 13.6. The molecule has 0 amide bonds. The molecule has 0 radical (unpaired) electrons. The zero-order valence-corrected chi connectivity index (χ0v) is 16.3. The van der Waals surface area contributed by atoms with Crippen molar-refractivity contribution in [2.45, 2.75) is 12.1 Å². The monoisotopic (exact) mass is 390 g/mol. The summed E-state index contributed by atoms with van der Waals surface area (Å²) in [6, 6.07) is 19.1. The van der Waals surface area contributed by atoms with E-state index in [1.54, 1.807) is 35.9 Å². The van der Waals surface area contributed by atoms with E-state index in [9.17, 15) is 4.79 Å². The third kappa shape index (κ3) is 3.75. The first kappa shape index (κ1) is 18.2. The van der Waals surface area contributed by atoms with Gasteiger partial charge in [-0.3, -0.25) is 4.79 Å². The molecule has 0 aliphatic carbocycles. The number of ether oxygens (including phenoxy) is 1. The van der Waals surface area contributed by atoms with Crippen molar-refractivity contribution in [1.82, 2.24) is 19.8 Å². The molecule has 6 nitrogen and oxygen atoms in total. The number of aromatic nitrogens is 4. The van der Waals surface area contributed by atoms with Gasteiger partial charge in [-0.05, 0) is 43.3 Å². The van der Waals surface area contributed by atoms with Gasteiger partial charge in [0.05, 0.1) is 18.6 Å². The number of carbonyl (C=O) groups excluding carboxylic acids is 1. The van der Waals surface area contributed by atoms with Crippen LogP contribution in [0.5, 0.6) is 5.75 Å². The summed E-state index contributed by atoms with van der Waals surface area (Å²) in [6.45, 7) is 2.05. The van der Waals surface area contributed by atoms with Gasteiger partial charge in [0.15, 0.2) is 11.4 Å². The standard InChI is InChI=1S/C21H18N4O2S/c1-14-3-5-15(6-4-14)18-11-12-20-22-23-21(25(20)24-18)28-13-19(26)16-7-9-17(27-2)10-8-16/h3-12H,13H2,1-2H3. The normalized spacial score (nSPS) is 10.9. The van der Waals surface area contributed by atoms with E-state index in [-0.39, 0.29) is 11.5 Å². The molecule has 0 atom stereocenters. The number of thioether (sulfide) groups is 1. The summed E-state index contributed by atoms with van der Waals surface area (Å²) >= 11 is 1.32. The van der Waals surface area contributed by atoms with Crippen LogP contribution in [0, 0.1) is 6.92 Å². The van der Waals surface area contributed by atoms with Crippen molar-refractivity contribution in [3.63, 3.8) is 0 Å². The highest BCUT2D eigenvalue weighted by Gasteiger charge is 2.13. The second kappa shape index (κ2) is 7.82. The number of Topliss-reactive ketones (excluding diaryl/α,β-unsaturated/α-hetero) is 1. The van der Waals surface area contributed by atoms with E-state index in [1.807, 2.05) is 24.3 Å². The number of carbonyl (C=O) groups is 1. The fourth-order valence-electron chi connectivity index (χ4n) is 2.73. The summed E-state index contributed by atoms with van der Waals surface area (Å²) in [7, 11) is 1.60. The molecule has 2 heterocycles. The molecule has 2 aromatic carbocycles. The molecule has 0 spiro atoms. The van der Waals surface area contributed by atoms with Gasteiger partial charge in [0.2, 0.25) is 5.16 Å². The molecule has 28 heavy (non-hydrogen) atoms. The molecule has 0 unspecified atom stereocenters. The summed E-state index contributed by atoms with van der Waals surface area (Å²) in [5, 5.41) is 13.6. The lowest BCUT2D eigenvalue weighted by Gasteiger charge is -2.04. The Morgan fingerprint density at radius 1 is 1.00 bits per heavy atom. The maximum Gasteiger partial charge on any atom is 0.212 e. The molecule has 4 aromatic rings. The fraction of sp³-hybridized carbons (Fsp3) is 0.143. The van der Waals surface area contributed by atoms with Crippen molar-refractivity contribution >= 4 is 23.2 Å². The Bertz CT molecular complexity index is 1120. The average Bonchev–Trinajstić information content (AvgIpc) is 3.15. The van der Waals surface area contributed by atoms with Gasteiger partial charge in [-0.2, -0.15) is 9.61 Å². The number of hydrogen-bond acceptors (Lipinski definition) is 6. The molecule has 0 aliphatic heterocycles. The van der Waals surface area contributed by atoms with Crippen molar-refractivity contribution in [1.29, 1.82) is 0 Å². The highest BCUT2D eigenvalue weighted by atomic mass is 32.2. The summed E-state index contributed by atoms with van der Waals surface area (Å²) in [4.78, 5) is 12.5. The second-order valence-corrected chi connectivity index (χ2v) is 7.22. The van der Waals surface area contributed by atoms with Gasteiger partial charge >= 0.3 is 0 Å². The van der Waals surface area contributed by atoms with Crippen LogP contribution in [-0.2, 0) is 0 Å². The maximum absolute atomic E-state index is 12.5. The quantitative estimate of drug-likeness (QED) is 0.365. The van der Waals surface area contributed by atoms with Crippen LogP contribution in [0.25, 0.3) is 16.9 Å². The summed E-state index contributed by atoms with van der Waals surface area (Å²) < 4.78 is 6.81. The number of fused-ring (bicyclic) bond motifs is 1. The largest absolute Gasteiger partial charge is 0.497 e. The minimum absolute atomic E-state index is 0.0130. The van der Waals surface area contributed by atoms with Gasteiger partial charge in [0.1, 0.15) is 5.75 Å². The predicted octanol–water partition coefficient (Wildman–Crippen LogP) is 4.08. The van der Waals surface area contributed by atoms with Crippen LogP contribution in [0.2, 0.25) is 0 Å². The topological polar surface area (TPSA) is 69.4 Å². The number of rotatable bonds is 6. The average molecular weight is 390 g/mol. The Morgan fingerprint density at radius 3 is 2.46 bits per heavy atom. The highest BCUT2D eigenvalue weighted by Crippen LogP contribution is 2.22. The minimum Gasteiger partial charge on any atom is -0.497 e. The zero-order chi connectivity index (χ0) is 19.5. The molecular weight excluding hydrogens is 372 g/mol. The number of methoxy groups -OCH3 is 1. The summed E-state index contributed by atoms with van der Waals surface area (Å²) in [5.74, 6) is 0.989. The number of nitrogens with zero attached hydrogens (tertiary/aromatic N) is 4. The van der Waals surface area contributed by atoms with Crippen LogP contribution in [0.3, 0.4) is 0 Å². The van der Waals surface area contributed by atoms with Gasteiger partial charge in [-0.1, -0.05) is 41.6 Å². The summed E-state index contributed by atoms with van der Waals surface area (Å²) in [5.41, 5.74) is 4.33. The second-order valence-electron chi connectivity index (χ2n) is 6.28. The minimum atomic E-state index is 0.0130. The number of aryl methyl sites for hydroxylation is 1. The van der Waals surface area contributed by atoms with E-state index in [0.29, 0.717) is 16.4 Å². The van der Waals surface area contributed by atoms with Crippen LogP contribution in [0.4, 0.5) is 0 Å². The Balaban J connectivity index is 1.54. The number of benzene rings is 2. The predicted molar refractivity (Wildman–Crippen MR) is 109 cm³/mol. The number of ketones is 1. The highest BCUT2D eigenvalue weighted by molar-refractivity contribution is 7.99. The van der Waals surface area contributed by atoms with E-state index in [1.165, 1.54) is 17.3 Å². The van der Waals surface area contributed by atoms with Crippen molar-refractivity contribution in [3.05, 3.63) is 71.8 Å². The Kier molecular flexibility index (Phi) is 5.08. The van der Waals surface area contributed by atoms with Crippen LogP contribution in [0.1, 0.15) is 15.9 Å². The molecule has 7 heteroatoms. The molecule has 140 valence electrons. The van der Waals surface area contributed by atoms with Crippen LogP contribution in [-0.4, -0.2) is 38.5 Å². The van der Waals surface area contributed by atoms with Crippen molar-refractivity contribution < 1.29 is 9.53 Å². The molecular formula is C21H18N4O2S. The van der Waals surface area contributed by atoms with Crippen LogP contribution < -0.4 is 4.74 Å². The lowest BCUT2D eigenvalue weighted by Crippen LogP contribution is -2.04. The van der Waals surface area contributed by atoms with E-state index in [2.05, 4.69) is 34.4 Å². The lowest BCUT2D eigenvalue weighted by molar-refractivity contribution is 0.102. The molecule has 2 aromatic heterocycles. The van der Waals surface area contributed by atoms with E-state index in [0.717, 1.165) is 17.0 Å². The molecule has 0 N–H and O–H groups in total. The third-order valence-electron chi connectivity index (χ3n) is 4.33. The van der Waals surface area contributed by atoms with Gasteiger partial charge in [0.25, 0.3) is 0 Å². The van der Waals surface area contributed by atoms with Crippen molar-refractivity contribution in [2.24, 2.45) is 0 Å². The van der Waals surface area contributed by atoms with E-state index >= 15 is 0 Å². The van der Waals surface area contributed by atoms with Crippen LogP contribution in [0.15, 0.2) is 65.8 Å². The Hall–Kier alpha value is -3.19. The molecule has 0 saturated carbocycles. The van der Waals surface area contributed by atoms with Gasteiger partial charge in [-0.25, -0.2) is 0 Å². The summed E-state index contributed by atoms with van der Waals surface area (Å²) in [6.07, 6.45) is 0. The Labute approximate surface area is 166 Å². The van der Waals surface area contributed by atoms with E-state index in [4.69, 9.17) is 4.74 Å². The zero-order valence-electron chi connectivity index (χ0n) is 15.5. The SMILES string of the molecule is COc1ccc(C(=O)CSc2nnc3ccc(-c4ccc(C)cc4)nn23)cc1. The molecule has 0 saturated heterocycles. The van der Waals surface area contributed by atoms with E-state index < -0.39 is 0 Å². The molecule has 0 aliphatic rings. The van der Waals surface area contributed by atoms with Gasteiger partial charge in [0, 0.05) is 11.1 Å². The maximum atomic E-state index is 12.5.